The molecule has 2 aromatic rings. The SMILES string of the molecule is CCCNc1nccnc1-c1ccc[nH]1. The van der Waals surface area contributed by atoms with Gasteiger partial charge in [0, 0.05) is 25.1 Å². The van der Waals surface area contributed by atoms with E-state index in [9.17, 15) is 0 Å². The van der Waals surface area contributed by atoms with E-state index in [4.69, 9.17) is 0 Å². The smallest absolute Gasteiger partial charge is 0.154 e. The first-order valence-electron chi connectivity index (χ1n) is 5.10. The van der Waals surface area contributed by atoms with Gasteiger partial charge in [0.1, 0.15) is 5.69 Å². The Kier molecular flexibility index (Phi) is 2.97. The van der Waals surface area contributed by atoms with Gasteiger partial charge in [0.2, 0.25) is 0 Å². The summed E-state index contributed by atoms with van der Waals surface area (Å²) in [6.45, 7) is 3.03. The number of anilines is 1. The van der Waals surface area contributed by atoms with Gasteiger partial charge in [-0.05, 0) is 18.6 Å². The Labute approximate surface area is 88.8 Å². The molecule has 0 atom stereocenters. The van der Waals surface area contributed by atoms with Crippen LogP contribution in [0.25, 0.3) is 11.4 Å². The number of nitrogens with one attached hydrogen (secondary N) is 2. The second kappa shape index (κ2) is 4.59. The van der Waals surface area contributed by atoms with E-state index in [2.05, 4.69) is 27.2 Å². The van der Waals surface area contributed by atoms with E-state index in [1.54, 1.807) is 12.4 Å². The van der Waals surface area contributed by atoms with Crippen molar-refractivity contribution in [3.8, 4) is 11.4 Å². The number of nitrogens with zero attached hydrogens (tertiary/aromatic N) is 2. The molecule has 0 aromatic carbocycles. The lowest BCUT2D eigenvalue weighted by molar-refractivity contribution is 0.965. The molecule has 0 aliphatic carbocycles. The van der Waals surface area contributed by atoms with E-state index < -0.39 is 0 Å². The van der Waals surface area contributed by atoms with Crippen molar-refractivity contribution in [2.75, 3.05) is 11.9 Å². The lowest BCUT2D eigenvalue weighted by Gasteiger charge is -2.07. The predicted molar refractivity (Wildman–Crippen MR) is 60.6 cm³/mol. The summed E-state index contributed by atoms with van der Waals surface area (Å²) < 4.78 is 0. The number of hydrogen-bond donors (Lipinski definition) is 2. The van der Waals surface area contributed by atoms with Crippen LogP contribution in [0.3, 0.4) is 0 Å². The van der Waals surface area contributed by atoms with Crippen LogP contribution in [0.1, 0.15) is 13.3 Å². The second-order valence-corrected chi connectivity index (χ2v) is 3.26. The van der Waals surface area contributed by atoms with E-state index in [1.165, 1.54) is 0 Å². The van der Waals surface area contributed by atoms with Crippen LogP contribution in [-0.4, -0.2) is 21.5 Å². The number of aromatic nitrogens is 3. The molecule has 0 aliphatic rings. The molecule has 2 heterocycles. The van der Waals surface area contributed by atoms with Crippen LogP contribution in [0.15, 0.2) is 30.7 Å². The topological polar surface area (TPSA) is 53.6 Å². The second-order valence-electron chi connectivity index (χ2n) is 3.26. The molecule has 0 fully saturated rings. The summed E-state index contributed by atoms with van der Waals surface area (Å²) in [6.07, 6.45) is 6.35. The molecule has 0 saturated carbocycles. The molecular weight excluding hydrogens is 188 g/mol. The molecule has 0 spiro atoms. The molecule has 15 heavy (non-hydrogen) atoms. The van der Waals surface area contributed by atoms with Crippen LogP contribution in [-0.2, 0) is 0 Å². The van der Waals surface area contributed by atoms with Gasteiger partial charge in [0.05, 0.1) is 5.69 Å². The zero-order valence-corrected chi connectivity index (χ0v) is 8.70. The van der Waals surface area contributed by atoms with Crippen molar-refractivity contribution in [3.63, 3.8) is 0 Å². The van der Waals surface area contributed by atoms with E-state index in [-0.39, 0.29) is 0 Å². The Balaban J connectivity index is 2.30. The molecular formula is C11H14N4. The van der Waals surface area contributed by atoms with Gasteiger partial charge in [-0.1, -0.05) is 6.92 Å². The van der Waals surface area contributed by atoms with Crippen molar-refractivity contribution >= 4 is 5.82 Å². The monoisotopic (exact) mass is 202 g/mol. The van der Waals surface area contributed by atoms with E-state index in [0.717, 1.165) is 30.2 Å². The summed E-state index contributed by atoms with van der Waals surface area (Å²) in [5, 5.41) is 3.26. The Bertz CT molecular complexity index is 408. The summed E-state index contributed by atoms with van der Waals surface area (Å²) in [5.74, 6) is 0.835. The fourth-order valence-corrected chi connectivity index (χ4v) is 1.39. The molecule has 0 amide bonds. The van der Waals surface area contributed by atoms with Crippen LogP contribution in [0.5, 0.6) is 0 Å². The van der Waals surface area contributed by atoms with Gasteiger partial charge in [-0.3, -0.25) is 0 Å². The quantitative estimate of drug-likeness (QED) is 0.799. The van der Waals surface area contributed by atoms with Crippen LogP contribution in [0, 0.1) is 0 Å². The molecule has 2 N–H and O–H groups in total. The van der Waals surface area contributed by atoms with Crippen molar-refractivity contribution in [2.24, 2.45) is 0 Å². The fraction of sp³-hybridized carbons (Fsp3) is 0.273. The highest BCUT2D eigenvalue weighted by molar-refractivity contribution is 5.67. The minimum Gasteiger partial charge on any atom is -0.368 e. The third kappa shape index (κ3) is 2.15. The maximum absolute atomic E-state index is 4.32. The third-order valence-electron chi connectivity index (χ3n) is 2.09. The van der Waals surface area contributed by atoms with E-state index in [0.29, 0.717) is 0 Å². The molecule has 0 radical (unpaired) electrons. The summed E-state index contributed by atoms with van der Waals surface area (Å²) in [6, 6.07) is 3.94. The van der Waals surface area contributed by atoms with Gasteiger partial charge >= 0.3 is 0 Å². The first kappa shape index (κ1) is 9.71. The van der Waals surface area contributed by atoms with Crippen LogP contribution in [0.2, 0.25) is 0 Å². The number of hydrogen-bond acceptors (Lipinski definition) is 3. The first-order chi connectivity index (χ1) is 7.42. The minimum absolute atomic E-state index is 0.835. The predicted octanol–water partition coefficient (Wildman–Crippen LogP) is 2.29. The molecule has 0 aliphatic heterocycles. The van der Waals surface area contributed by atoms with Crippen molar-refractivity contribution in [2.45, 2.75) is 13.3 Å². The number of rotatable bonds is 4. The third-order valence-corrected chi connectivity index (χ3v) is 2.09. The fourth-order valence-electron chi connectivity index (χ4n) is 1.39. The largest absolute Gasteiger partial charge is 0.368 e. The minimum atomic E-state index is 0.835. The Morgan fingerprint density at radius 1 is 1.33 bits per heavy atom. The van der Waals surface area contributed by atoms with Crippen LogP contribution in [0.4, 0.5) is 5.82 Å². The van der Waals surface area contributed by atoms with E-state index >= 15 is 0 Å². The van der Waals surface area contributed by atoms with Gasteiger partial charge in [0.25, 0.3) is 0 Å². The standard InChI is InChI=1S/C11H14N4/c1-2-5-14-11-10(13-7-8-15-11)9-4-3-6-12-9/h3-4,6-8,12H,2,5H2,1H3,(H,14,15). The van der Waals surface area contributed by atoms with Crippen LogP contribution >= 0.6 is 0 Å². The average Bonchev–Trinajstić information content (AvgIpc) is 2.80. The average molecular weight is 202 g/mol. The van der Waals surface area contributed by atoms with Gasteiger partial charge in [-0.25, -0.2) is 9.97 Å². The summed E-state index contributed by atoms with van der Waals surface area (Å²) in [5.41, 5.74) is 1.86. The first-order valence-corrected chi connectivity index (χ1v) is 5.10. The molecule has 2 rings (SSSR count). The van der Waals surface area contributed by atoms with Crippen molar-refractivity contribution in [1.29, 1.82) is 0 Å². The maximum atomic E-state index is 4.32. The molecule has 78 valence electrons. The zero-order valence-electron chi connectivity index (χ0n) is 8.70. The molecule has 4 heteroatoms. The molecule has 0 unspecified atom stereocenters. The number of aromatic amines is 1. The lowest BCUT2D eigenvalue weighted by atomic mass is 10.3. The molecule has 0 saturated heterocycles. The van der Waals surface area contributed by atoms with E-state index in [1.807, 2.05) is 18.3 Å². The highest BCUT2D eigenvalue weighted by atomic mass is 15.0. The lowest BCUT2D eigenvalue weighted by Crippen LogP contribution is -2.04. The normalized spacial score (nSPS) is 10.2. The molecule has 0 bridgehead atoms. The van der Waals surface area contributed by atoms with Gasteiger partial charge in [-0.2, -0.15) is 0 Å². The zero-order chi connectivity index (χ0) is 10.5. The van der Waals surface area contributed by atoms with Crippen molar-refractivity contribution < 1.29 is 0 Å². The van der Waals surface area contributed by atoms with Gasteiger partial charge in [-0.15, -0.1) is 0 Å². The van der Waals surface area contributed by atoms with Gasteiger partial charge in [0.15, 0.2) is 5.82 Å². The Morgan fingerprint density at radius 2 is 2.20 bits per heavy atom. The number of H-pyrrole nitrogens is 1. The van der Waals surface area contributed by atoms with Crippen LogP contribution < -0.4 is 5.32 Å². The summed E-state index contributed by atoms with van der Waals surface area (Å²) in [4.78, 5) is 11.7. The highest BCUT2D eigenvalue weighted by Gasteiger charge is 2.06. The van der Waals surface area contributed by atoms with Crippen molar-refractivity contribution in [1.82, 2.24) is 15.0 Å². The van der Waals surface area contributed by atoms with Gasteiger partial charge < -0.3 is 10.3 Å². The summed E-state index contributed by atoms with van der Waals surface area (Å²) >= 11 is 0. The maximum Gasteiger partial charge on any atom is 0.154 e. The highest BCUT2D eigenvalue weighted by Crippen LogP contribution is 2.20. The molecule has 2 aromatic heterocycles. The summed E-state index contributed by atoms with van der Waals surface area (Å²) in [7, 11) is 0. The molecule has 4 nitrogen and oxygen atoms in total. The van der Waals surface area contributed by atoms with Crippen molar-refractivity contribution in [3.05, 3.63) is 30.7 Å². The Hall–Kier alpha value is -1.84. The Morgan fingerprint density at radius 3 is 2.93 bits per heavy atom.